The predicted octanol–water partition coefficient (Wildman–Crippen LogP) is 2.33. The molecular weight excluding hydrogens is 356 g/mol. The average Bonchev–Trinajstić information content (AvgIpc) is 3.26. The first-order chi connectivity index (χ1) is 13.7. The van der Waals surface area contributed by atoms with Crippen LogP contribution in [0.2, 0.25) is 0 Å². The zero-order chi connectivity index (χ0) is 19.3. The van der Waals surface area contributed by atoms with Crippen molar-refractivity contribution in [2.24, 2.45) is 0 Å². The second-order valence-corrected chi connectivity index (χ2v) is 7.12. The van der Waals surface area contributed by atoms with Crippen LogP contribution in [0.25, 0.3) is 10.9 Å². The lowest BCUT2D eigenvalue weighted by Gasteiger charge is -2.33. The van der Waals surface area contributed by atoms with Crippen molar-refractivity contribution in [3.63, 3.8) is 0 Å². The number of benzene rings is 1. The number of rotatable bonds is 6. The van der Waals surface area contributed by atoms with Crippen LogP contribution in [0, 0.1) is 0 Å². The van der Waals surface area contributed by atoms with Crippen LogP contribution in [0.1, 0.15) is 31.1 Å². The third-order valence-corrected chi connectivity index (χ3v) is 5.25. The average molecular weight is 380 g/mol. The summed E-state index contributed by atoms with van der Waals surface area (Å²) in [5, 5.41) is 7.71. The predicted molar refractivity (Wildman–Crippen MR) is 106 cm³/mol. The maximum Gasteiger partial charge on any atom is 0.241 e. The van der Waals surface area contributed by atoms with Crippen LogP contribution >= 0.6 is 0 Å². The van der Waals surface area contributed by atoms with Gasteiger partial charge in [-0.15, -0.1) is 0 Å². The van der Waals surface area contributed by atoms with E-state index in [1.807, 2.05) is 18.2 Å². The molecule has 0 radical (unpaired) electrons. The van der Waals surface area contributed by atoms with Gasteiger partial charge in [0.05, 0.1) is 24.0 Å². The smallest absolute Gasteiger partial charge is 0.241 e. The van der Waals surface area contributed by atoms with E-state index in [9.17, 15) is 9.59 Å². The van der Waals surface area contributed by atoms with Crippen molar-refractivity contribution in [3.8, 4) is 0 Å². The molecule has 3 heterocycles. The zero-order valence-corrected chi connectivity index (χ0v) is 15.7. The second-order valence-electron chi connectivity index (χ2n) is 7.12. The lowest BCUT2D eigenvalue weighted by atomic mass is 10.1. The Hall–Kier alpha value is -2.93. The fraction of sp³-hybridized carbons (Fsp3) is 0.381. The summed E-state index contributed by atoms with van der Waals surface area (Å²) < 4.78 is 7.19. The Balaban J connectivity index is 1.46. The van der Waals surface area contributed by atoms with Crippen LogP contribution in [-0.4, -0.2) is 40.2 Å². The summed E-state index contributed by atoms with van der Waals surface area (Å²) in [5.41, 5.74) is 0.513. The van der Waals surface area contributed by atoms with E-state index in [1.165, 1.54) is 25.5 Å². The fourth-order valence-electron chi connectivity index (χ4n) is 3.81. The number of aromatic nitrogens is 2. The number of nitrogens with zero attached hydrogens (tertiary/aromatic N) is 3. The van der Waals surface area contributed by atoms with Crippen molar-refractivity contribution in [1.82, 2.24) is 20.0 Å². The quantitative estimate of drug-likeness (QED) is 0.710. The second kappa shape index (κ2) is 8.39. The van der Waals surface area contributed by atoms with Crippen molar-refractivity contribution < 1.29 is 9.21 Å². The third-order valence-electron chi connectivity index (χ3n) is 5.25. The number of nitrogens with one attached hydrogen (secondary N) is 1. The van der Waals surface area contributed by atoms with Gasteiger partial charge in [-0.3, -0.25) is 19.2 Å². The Bertz CT molecular complexity index is 990. The molecule has 1 atom stereocenters. The summed E-state index contributed by atoms with van der Waals surface area (Å²) in [5.74, 6) is 0.726. The highest BCUT2D eigenvalue weighted by molar-refractivity contribution is 5.81. The van der Waals surface area contributed by atoms with Crippen LogP contribution in [0.4, 0.5) is 0 Å². The molecule has 1 aliphatic rings. The minimum Gasteiger partial charge on any atom is -0.468 e. The molecule has 7 heteroatoms. The van der Waals surface area contributed by atoms with E-state index < -0.39 is 0 Å². The highest BCUT2D eigenvalue weighted by Gasteiger charge is 2.25. The van der Waals surface area contributed by atoms with Crippen LogP contribution in [0.3, 0.4) is 0 Å². The zero-order valence-electron chi connectivity index (χ0n) is 15.7. The van der Waals surface area contributed by atoms with E-state index in [1.54, 1.807) is 29.1 Å². The monoisotopic (exact) mass is 380 g/mol. The molecule has 1 N–H and O–H groups in total. The molecule has 0 aliphatic carbocycles. The third kappa shape index (κ3) is 3.99. The molecule has 0 spiro atoms. The van der Waals surface area contributed by atoms with E-state index in [2.05, 4.69) is 15.3 Å². The summed E-state index contributed by atoms with van der Waals surface area (Å²) in [6.07, 6.45) is 6.51. The van der Waals surface area contributed by atoms with Gasteiger partial charge in [0, 0.05) is 11.9 Å². The van der Waals surface area contributed by atoms with Crippen molar-refractivity contribution in [2.75, 3.05) is 19.6 Å². The number of likely N-dealkylation sites (tertiary alicyclic amines) is 1. The van der Waals surface area contributed by atoms with E-state index in [4.69, 9.17) is 4.42 Å². The fourth-order valence-corrected chi connectivity index (χ4v) is 3.81. The molecular formula is C21H24N4O3. The Morgan fingerprint density at radius 2 is 1.96 bits per heavy atom. The number of para-hydroxylation sites is 1. The van der Waals surface area contributed by atoms with Crippen LogP contribution in [0.15, 0.2) is 58.1 Å². The van der Waals surface area contributed by atoms with Crippen molar-refractivity contribution >= 4 is 16.8 Å². The molecule has 7 nitrogen and oxygen atoms in total. The lowest BCUT2D eigenvalue weighted by Crippen LogP contribution is -2.41. The summed E-state index contributed by atoms with van der Waals surface area (Å²) in [6, 6.07) is 11.1. The molecule has 28 heavy (non-hydrogen) atoms. The van der Waals surface area contributed by atoms with Gasteiger partial charge in [0.15, 0.2) is 0 Å². The highest BCUT2D eigenvalue weighted by atomic mass is 16.3. The standard InChI is InChI=1S/C21H24N4O3/c26-19-14-23-25(17-8-3-2-7-16(17)19)15-21(27)22-13-18(20-9-6-12-28-20)24-10-4-1-5-11-24/h2-3,6-9,12,14,18H,1,4-5,10-11,13,15H2,(H,22,27). The minimum absolute atomic E-state index is 0.0259. The molecule has 1 unspecified atom stereocenters. The number of carbonyl (C=O) groups is 1. The number of piperidine rings is 1. The number of hydrogen-bond acceptors (Lipinski definition) is 5. The molecule has 1 saturated heterocycles. The van der Waals surface area contributed by atoms with Gasteiger partial charge in [0.25, 0.3) is 0 Å². The maximum absolute atomic E-state index is 12.6. The van der Waals surface area contributed by atoms with E-state index in [0.717, 1.165) is 18.8 Å². The number of furan rings is 1. The number of fused-ring (bicyclic) bond motifs is 1. The molecule has 2 aromatic heterocycles. The van der Waals surface area contributed by atoms with Crippen molar-refractivity contribution in [2.45, 2.75) is 31.8 Å². The summed E-state index contributed by atoms with van der Waals surface area (Å²) in [7, 11) is 0. The normalized spacial score (nSPS) is 16.1. The minimum atomic E-state index is -0.144. The molecule has 4 rings (SSSR count). The van der Waals surface area contributed by atoms with E-state index in [0.29, 0.717) is 17.4 Å². The van der Waals surface area contributed by atoms with Crippen molar-refractivity contribution in [1.29, 1.82) is 0 Å². The lowest BCUT2D eigenvalue weighted by molar-refractivity contribution is -0.122. The highest BCUT2D eigenvalue weighted by Crippen LogP contribution is 2.24. The van der Waals surface area contributed by atoms with Gasteiger partial charge >= 0.3 is 0 Å². The Morgan fingerprint density at radius 3 is 2.75 bits per heavy atom. The van der Waals surface area contributed by atoms with Gasteiger partial charge in [0.1, 0.15) is 12.3 Å². The molecule has 1 amide bonds. The summed E-state index contributed by atoms with van der Waals surface area (Å²) in [6.45, 7) is 2.55. The number of amides is 1. The Labute approximate surface area is 162 Å². The topological polar surface area (TPSA) is 80.4 Å². The maximum atomic E-state index is 12.6. The summed E-state index contributed by atoms with van der Waals surface area (Å²) >= 11 is 0. The van der Waals surface area contributed by atoms with E-state index in [-0.39, 0.29) is 23.9 Å². The Kier molecular flexibility index (Phi) is 5.53. The number of hydrogen-bond donors (Lipinski definition) is 1. The molecule has 0 saturated carbocycles. The molecule has 0 bridgehead atoms. The van der Waals surface area contributed by atoms with Gasteiger partial charge < -0.3 is 9.73 Å². The molecule has 1 fully saturated rings. The largest absolute Gasteiger partial charge is 0.468 e. The molecule has 3 aromatic rings. The van der Waals surface area contributed by atoms with Crippen molar-refractivity contribution in [3.05, 3.63) is 64.8 Å². The van der Waals surface area contributed by atoms with Gasteiger partial charge in [-0.25, -0.2) is 0 Å². The van der Waals surface area contributed by atoms with Gasteiger partial charge in [0.2, 0.25) is 11.3 Å². The van der Waals surface area contributed by atoms with Gasteiger partial charge in [-0.1, -0.05) is 18.6 Å². The van der Waals surface area contributed by atoms with Crippen LogP contribution in [0.5, 0.6) is 0 Å². The van der Waals surface area contributed by atoms with Crippen LogP contribution in [-0.2, 0) is 11.3 Å². The van der Waals surface area contributed by atoms with Gasteiger partial charge in [-0.2, -0.15) is 5.10 Å². The summed E-state index contributed by atoms with van der Waals surface area (Å²) in [4.78, 5) is 26.9. The van der Waals surface area contributed by atoms with E-state index >= 15 is 0 Å². The van der Waals surface area contributed by atoms with Crippen LogP contribution < -0.4 is 10.7 Å². The number of carbonyl (C=O) groups excluding carboxylic acids is 1. The first-order valence-electron chi connectivity index (χ1n) is 9.71. The SMILES string of the molecule is O=C(Cn1ncc(=O)c2ccccc21)NCC(c1ccco1)N1CCCCC1. The first kappa shape index (κ1) is 18.4. The molecule has 1 aliphatic heterocycles. The molecule has 146 valence electrons. The van der Waals surface area contributed by atoms with Gasteiger partial charge in [-0.05, 0) is 50.2 Å². The first-order valence-corrected chi connectivity index (χ1v) is 9.71. The Morgan fingerprint density at radius 1 is 1.14 bits per heavy atom. The molecule has 1 aromatic carbocycles.